The molecule has 33 heavy (non-hydrogen) atoms. The number of thiazole rings is 1. The minimum atomic E-state index is 0.650. The number of hydrogen-bond donors (Lipinski definition) is 0. The molecule has 7 nitrogen and oxygen atoms in total. The van der Waals surface area contributed by atoms with Crippen LogP contribution in [0.1, 0.15) is 0 Å². The van der Waals surface area contributed by atoms with Crippen molar-refractivity contribution in [2.24, 2.45) is 4.99 Å². The Hall–Kier alpha value is -4.17. The third-order valence-electron chi connectivity index (χ3n) is 5.11. The quantitative estimate of drug-likeness (QED) is 0.360. The molecule has 2 aromatic heterocycles. The van der Waals surface area contributed by atoms with Crippen molar-refractivity contribution in [1.82, 2.24) is 19.5 Å². The fraction of sp³-hybridized carbons (Fsp3) is 0.0800. The summed E-state index contributed by atoms with van der Waals surface area (Å²) in [7, 11) is 3.27. The zero-order chi connectivity index (χ0) is 22.6. The first kappa shape index (κ1) is 20.7. The predicted octanol–water partition coefficient (Wildman–Crippen LogP) is 5.04. The van der Waals surface area contributed by atoms with Crippen molar-refractivity contribution >= 4 is 17.0 Å². The lowest BCUT2D eigenvalue weighted by Crippen LogP contribution is -2.21. The number of para-hydroxylation sites is 1. The van der Waals surface area contributed by atoms with Crippen molar-refractivity contribution in [2.75, 3.05) is 14.2 Å². The summed E-state index contributed by atoms with van der Waals surface area (Å²) in [6.45, 7) is 0. The van der Waals surface area contributed by atoms with Gasteiger partial charge in [-0.2, -0.15) is 0 Å². The summed E-state index contributed by atoms with van der Waals surface area (Å²) in [4.78, 5) is 6.80. The maximum Gasteiger partial charge on any atom is 0.210 e. The zero-order valence-corrected chi connectivity index (χ0v) is 18.9. The molecule has 0 amide bonds. The average molecular weight is 456 g/mol. The summed E-state index contributed by atoms with van der Waals surface area (Å²) in [6.07, 6.45) is 3.32. The van der Waals surface area contributed by atoms with Gasteiger partial charge in [0.1, 0.15) is 12.7 Å². The topological polar surface area (TPSA) is 66.5 Å². The molecule has 164 valence electrons. The predicted molar refractivity (Wildman–Crippen MR) is 129 cm³/mol. The van der Waals surface area contributed by atoms with Gasteiger partial charge in [-0.15, -0.1) is 10.2 Å². The molecular weight excluding hydrogens is 434 g/mol. The van der Waals surface area contributed by atoms with E-state index in [2.05, 4.69) is 22.3 Å². The Bertz CT molecular complexity index is 1430. The van der Waals surface area contributed by atoms with Gasteiger partial charge >= 0.3 is 0 Å². The first-order chi connectivity index (χ1) is 16.3. The van der Waals surface area contributed by atoms with E-state index in [1.54, 1.807) is 38.2 Å². The molecule has 5 rings (SSSR count). The second-order valence-corrected chi connectivity index (χ2v) is 8.08. The first-order valence-corrected chi connectivity index (χ1v) is 11.1. The maximum atomic E-state index is 5.59. The Labute approximate surface area is 194 Å². The van der Waals surface area contributed by atoms with Crippen molar-refractivity contribution in [2.45, 2.75) is 0 Å². The lowest BCUT2D eigenvalue weighted by molar-refractivity contribution is 0.355. The second kappa shape index (κ2) is 9.13. The molecule has 0 saturated carbocycles. The summed E-state index contributed by atoms with van der Waals surface area (Å²) in [5.41, 5.74) is 3.84. The molecule has 0 aliphatic carbocycles. The minimum Gasteiger partial charge on any atom is -0.493 e. The van der Waals surface area contributed by atoms with E-state index in [4.69, 9.17) is 14.5 Å². The Morgan fingerprint density at radius 1 is 0.758 bits per heavy atom. The van der Waals surface area contributed by atoms with Gasteiger partial charge in [0.25, 0.3) is 0 Å². The summed E-state index contributed by atoms with van der Waals surface area (Å²) < 4.78 is 14.9. The average Bonchev–Trinajstić information content (AvgIpc) is 3.53. The molecular formula is C25H21N5O2S. The van der Waals surface area contributed by atoms with Crippen LogP contribution in [-0.2, 0) is 0 Å². The molecule has 3 aromatic carbocycles. The highest BCUT2D eigenvalue weighted by Crippen LogP contribution is 2.38. The molecule has 0 N–H and O–H groups in total. The van der Waals surface area contributed by atoms with Gasteiger partial charge < -0.3 is 9.47 Å². The molecule has 0 aliphatic rings. The normalized spacial score (nSPS) is 11.5. The zero-order valence-electron chi connectivity index (χ0n) is 18.1. The third kappa shape index (κ3) is 4.04. The molecule has 0 atom stereocenters. The van der Waals surface area contributed by atoms with Crippen LogP contribution < -0.4 is 14.3 Å². The van der Waals surface area contributed by atoms with E-state index in [-0.39, 0.29) is 0 Å². The van der Waals surface area contributed by atoms with E-state index in [0.717, 1.165) is 32.2 Å². The number of ether oxygens (including phenoxy) is 2. The molecule has 0 unspecified atom stereocenters. The van der Waals surface area contributed by atoms with Crippen molar-refractivity contribution < 1.29 is 9.47 Å². The van der Waals surface area contributed by atoms with E-state index < -0.39 is 0 Å². The summed E-state index contributed by atoms with van der Waals surface area (Å²) >= 11 is 1.60. The Morgan fingerprint density at radius 3 is 2.09 bits per heavy atom. The minimum absolute atomic E-state index is 0.650. The van der Waals surface area contributed by atoms with Crippen LogP contribution in [0.3, 0.4) is 0 Å². The van der Waals surface area contributed by atoms with Crippen molar-refractivity contribution in [3.8, 4) is 33.2 Å². The van der Waals surface area contributed by atoms with Crippen LogP contribution in [0, 0.1) is 0 Å². The highest BCUT2D eigenvalue weighted by Gasteiger charge is 2.20. The van der Waals surface area contributed by atoms with Gasteiger partial charge in [0.05, 0.1) is 30.5 Å². The number of benzene rings is 3. The number of rotatable bonds is 6. The van der Waals surface area contributed by atoms with E-state index in [9.17, 15) is 0 Å². The molecule has 0 bridgehead atoms. The summed E-state index contributed by atoms with van der Waals surface area (Å²) in [5, 5.41) is 8.07. The number of methoxy groups -OCH3 is 2. The third-order valence-corrected chi connectivity index (χ3v) is 6.19. The Morgan fingerprint density at radius 2 is 1.42 bits per heavy atom. The van der Waals surface area contributed by atoms with Crippen LogP contribution in [0.15, 0.2) is 96.5 Å². The van der Waals surface area contributed by atoms with Crippen LogP contribution in [0.2, 0.25) is 0 Å². The fourth-order valence-corrected chi connectivity index (χ4v) is 4.75. The van der Waals surface area contributed by atoms with Crippen LogP contribution >= 0.6 is 11.3 Å². The fourth-order valence-electron chi connectivity index (χ4n) is 3.59. The van der Waals surface area contributed by atoms with Gasteiger partial charge in [-0.05, 0) is 35.9 Å². The monoisotopic (exact) mass is 455 g/mol. The summed E-state index contributed by atoms with van der Waals surface area (Å²) in [5.74, 6) is 1.32. The van der Waals surface area contributed by atoms with Crippen LogP contribution in [0.25, 0.3) is 21.7 Å². The van der Waals surface area contributed by atoms with Gasteiger partial charge in [0, 0.05) is 5.56 Å². The highest BCUT2D eigenvalue weighted by molar-refractivity contribution is 7.13. The van der Waals surface area contributed by atoms with Crippen molar-refractivity contribution in [3.63, 3.8) is 0 Å². The van der Waals surface area contributed by atoms with Crippen LogP contribution in [0.5, 0.6) is 11.5 Å². The lowest BCUT2D eigenvalue weighted by atomic mass is 10.1. The Kier molecular flexibility index (Phi) is 5.73. The van der Waals surface area contributed by atoms with Gasteiger partial charge in [-0.25, -0.2) is 14.3 Å². The molecule has 0 aliphatic heterocycles. The van der Waals surface area contributed by atoms with Gasteiger partial charge in [0.2, 0.25) is 4.80 Å². The molecule has 0 spiro atoms. The lowest BCUT2D eigenvalue weighted by Gasteiger charge is -2.14. The van der Waals surface area contributed by atoms with Crippen molar-refractivity contribution in [3.05, 3.63) is 96.3 Å². The Balaban J connectivity index is 1.86. The van der Waals surface area contributed by atoms with Crippen molar-refractivity contribution in [1.29, 1.82) is 0 Å². The molecule has 0 saturated heterocycles. The van der Waals surface area contributed by atoms with E-state index in [1.165, 1.54) is 0 Å². The maximum absolute atomic E-state index is 5.59. The summed E-state index contributed by atoms with van der Waals surface area (Å²) in [6, 6.07) is 26.1. The highest BCUT2D eigenvalue weighted by atomic mass is 32.1. The van der Waals surface area contributed by atoms with Gasteiger partial charge in [0.15, 0.2) is 11.5 Å². The van der Waals surface area contributed by atoms with Crippen LogP contribution in [-0.4, -0.2) is 33.8 Å². The van der Waals surface area contributed by atoms with E-state index >= 15 is 0 Å². The first-order valence-electron chi connectivity index (χ1n) is 10.3. The van der Waals surface area contributed by atoms with E-state index in [1.807, 2.05) is 76.1 Å². The molecule has 0 radical (unpaired) electrons. The number of hydrogen-bond acceptors (Lipinski definition) is 6. The largest absolute Gasteiger partial charge is 0.493 e. The van der Waals surface area contributed by atoms with Crippen LogP contribution in [0.4, 0.5) is 5.69 Å². The van der Waals surface area contributed by atoms with Gasteiger partial charge in [-0.3, -0.25) is 0 Å². The molecule has 5 aromatic rings. The van der Waals surface area contributed by atoms with E-state index in [0.29, 0.717) is 11.5 Å². The molecule has 2 heterocycles. The number of aromatic nitrogens is 4. The second-order valence-electron chi connectivity index (χ2n) is 7.10. The smallest absolute Gasteiger partial charge is 0.210 e. The number of nitrogens with zero attached hydrogens (tertiary/aromatic N) is 5. The standard InChI is InChI=1S/C25H21N5O2S/c1-31-21-14-13-19(15-22(21)32-2)23-24(18-9-5-3-6-10-18)33-25(28-20-11-7-4-8-12-20)30(23)29-16-26-27-17-29/h3-17H,1-2H3. The SMILES string of the molecule is COc1ccc(-c2c(-c3ccccc3)sc(=Nc3ccccc3)n2-n2cnnc2)cc1OC. The molecule has 0 fully saturated rings. The molecule has 8 heteroatoms. The van der Waals surface area contributed by atoms with Gasteiger partial charge in [-0.1, -0.05) is 59.9 Å².